The molecule has 1 rings (SSSR count). The standard InChI is InChI=1S/C9H12N4OS/c1-2-14-8-4-3-5-11-7(8)6-12-13-9(10)15/h3-6H,2H2,1H3,(H3,10,13,15). The quantitative estimate of drug-likeness (QED) is 0.446. The van der Waals surface area contributed by atoms with Crippen LogP contribution in [0.3, 0.4) is 0 Å². The number of hydrogen-bond acceptors (Lipinski definition) is 4. The Bertz CT molecular complexity index is 367. The van der Waals surface area contributed by atoms with E-state index in [-0.39, 0.29) is 5.11 Å². The zero-order valence-electron chi connectivity index (χ0n) is 8.30. The van der Waals surface area contributed by atoms with Gasteiger partial charge in [0.1, 0.15) is 11.4 Å². The Morgan fingerprint density at radius 1 is 1.80 bits per heavy atom. The molecule has 0 atom stereocenters. The van der Waals surface area contributed by atoms with E-state index in [2.05, 4.69) is 27.7 Å². The highest BCUT2D eigenvalue weighted by Crippen LogP contribution is 2.12. The molecule has 0 saturated carbocycles. The van der Waals surface area contributed by atoms with E-state index in [0.717, 1.165) is 0 Å². The van der Waals surface area contributed by atoms with Crippen LogP contribution >= 0.6 is 12.2 Å². The molecule has 1 aromatic rings. The molecule has 0 aliphatic carbocycles. The number of nitrogens with two attached hydrogens (primary N) is 1. The normalized spacial score (nSPS) is 10.2. The molecule has 0 aromatic carbocycles. The first-order chi connectivity index (χ1) is 7.24. The van der Waals surface area contributed by atoms with Crippen molar-refractivity contribution in [2.75, 3.05) is 6.61 Å². The summed E-state index contributed by atoms with van der Waals surface area (Å²) in [6, 6.07) is 3.61. The van der Waals surface area contributed by atoms with Crippen LogP contribution in [0.1, 0.15) is 12.6 Å². The molecule has 0 radical (unpaired) electrons. The van der Waals surface area contributed by atoms with Gasteiger partial charge in [0.2, 0.25) is 0 Å². The molecule has 0 fully saturated rings. The third-order valence-corrected chi connectivity index (χ3v) is 1.55. The first kappa shape index (κ1) is 11.4. The van der Waals surface area contributed by atoms with E-state index in [1.54, 1.807) is 12.3 Å². The number of nitrogens with one attached hydrogen (secondary N) is 1. The van der Waals surface area contributed by atoms with Crippen LogP contribution in [0.2, 0.25) is 0 Å². The SMILES string of the molecule is CCOc1cccnc1C=NNC(N)=S. The van der Waals surface area contributed by atoms with Gasteiger partial charge in [-0.2, -0.15) is 5.10 Å². The van der Waals surface area contributed by atoms with Crippen LogP contribution in [0.15, 0.2) is 23.4 Å². The molecule has 0 saturated heterocycles. The summed E-state index contributed by atoms with van der Waals surface area (Å²) in [6.07, 6.45) is 3.16. The first-order valence-electron chi connectivity index (χ1n) is 4.40. The molecule has 0 spiro atoms. The van der Waals surface area contributed by atoms with Crippen LogP contribution in [0.5, 0.6) is 5.75 Å². The van der Waals surface area contributed by atoms with Crippen LogP contribution < -0.4 is 15.9 Å². The van der Waals surface area contributed by atoms with Crippen LogP contribution in [-0.4, -0.2) is 22.9 Å². The predicted molar refractivity (Wildman–Crippen MR) is 62.9 cm³/mol. The Morgan fingerprint density at radius 2 is 2.60 bits per heavy atom. The monoisotopic (exact) mass is 224 g/mol. The van der Waals surface area contributed by atoms with Gasteiger partial charge in [-0.3, -0.25) is 10.4 Å². The summed E-state index contributed by atoms with van der Waals surface area (Å²) in [4.78, 5) is 4.10. The van der Waals surface area contributed by atoms with E-state index in [1.165, 1.54) is 6.21 Å². The summed E-state index contributed by atoms with van der Waals surface area (Å²) >= 11 is 4.60. The highest BCUT2D eigenvalue weighted by atomic mass is 32.1. The lowest BCUT2D eigenvalue weighted by molar-refractivity contribution is 0.338. The summed E-state index contributed by atoms with van der Waals surface area (Å²) in [6.45, 7) is 2.48. The van der Waals surface area contributed by atoms with Crippen molar-refractivity contribution in [1.29, 1.82) is 0 Å². The molecule has 0 aliphatic rings. The number of pyridine rings is 1. The van der Waals surface area contributed by atoms with Gasteiger partial charge in [-0.1, -0.05) is 0 Å². The first-order valence-corrected chi connectivity index (χ1v) is 4.81. The molecule has 6 heteroatoms. The van der Waals surface area contributed by atoms with Crippen molar-refractivity contribution in [3.8, 4) is 5.75 Å². The minimum Gasteiger partial charge on any atom is -0.492 e. The molecule has 80 valence electrons. The topological polar surface area (TPSA) is 72.5 Å². The molecule has 0 aliphatic heterocycles. The van der Waals surface area contributed by atoms with Gasteiger partial charge >= 0.3 is 0 Å². The molecule has 15 heavy (non-hydrogen) atoms. The Morgan fingerprint density at radius 3 is 3.27 bits per heavy atom. The van der Waals surface area contributed by atoms with Crippen molar-refractivity contribution < 1.29 is 4.74 Å². The summed E-state index contributed by atoms with van der Waals surface area (Å²) in [5.41, 5.74) is 8.28. The minimum absolute atomic E-state index is 0.111. The van der Waals surface area contributed by atoms with Gasteiger partial charge in [0.25, 0.3) is 0 Å². The van der Waals surface area contributed by atoms with Crippen LogP contribution in [0.25, 0.3) is 0 Å². The number of ether oxygens (including phenoxy) is 1. The average Bonchev–Trinajstić information content (AvgIpc) is 2.20. The van der Waals surface area contributed by atoms with E-state index >= 15 is 0 Å². The maximum Gasteiger partial charge on any atom is 0.184 e. The highest BCUT2D eigenvalue weighted by Gasteiger charge is 1.99. The number of hydrazone groups is 1. The van der Waals surface area contributed by atoms with Crippen LogP contribution in [-0.2, 0) is 0 Å². The van der Waals surface area contributed by atoms with E-state index in [0.29, 0.717) is 18.1 Å². The smallest absolute Gasteiger partial charge is 0.184 e. The fourth-order valence-electron chi connectivity index (χ4n) is 0.934. The Kier molecular flexibility index (Phi) is 4.49. The van der Waals surface area contributed by atoms with Gasteiger partial charge in [-0.15, -0.1) is 0 Å². The second-order valence-corrected chi connectivity index (χ2v) is 2.99. The van der Waals surface area contributed by atoms with Gasteiger partial charge in [-0.25, -0.2) is 0 Å². The maximum atomic E-state index is 5.35. The Labute approximate surface area is 93.3 Å². The lowest BCUT2D eigenvalue weighted by Crippen LogP contribution is -2.24. The molecule has 0 unspecified atom stereocenters. The maximum absolute atomic E-state index is 5.35. The molecule has 0 amide bonds. The van der Waals surface area contributed by atoms with Gasteiger partial charge in [0.05, 0.1) is 12.8 Å². The van der Waals surface area contributed by atoms with E-state index in [4.69, 9.17) is 10.5 Å². The van der Waals surface area contributed by atoms with Crippen molar-refractivity contribution in [2.24, 2.45) is 10.8 Å². The van der Waals surface area contributed by atoms with Gasteiger partial charge in [-0.05, 0) is 31.3 Å². The molecule has 1 heterocycles. The number of rotatable bonds is 4. The molecule has 1 aromatic heterocycles. The largest absolute Gasteiger partial charge is 0.492 e. The lowest BCUT2D eigenvalue weighted by atomic mass is 10.3. The van der Waals surface area contributed by atoms with Crippen molar-refractivity contribution in [3.63, 3.8) is 0 Å². The molecule has 5 nitrogen and oxygen atoms in total. The predicted octanol–water partition coefficient (Wildman–Crippen LogP) is 0.647. The van der Waals surface area contributed by atoms with Crippen molar-refractivity contribution in [2.45, 2.75) is 6.92 Å². The average molecular weight is 224 g/mol. The Hall–Kier alpha value is -1.69. The van der Waals surface area contributed by atoms with Gasteiger partial charge in [0, 0.05) is 6.20 Å². The second kappa shape index (κ2) is 5.92. The molecular weight excluding hydrogens is 212 g/mol. The summed E-state index contributed by atoms with van der Waals surface area (Å²) in [5.74, 6) is 0.675. The summed E-state index contributed by atoms with van der Waals surface area (Å²) in [7, 11) is 0. The van der Waals surface area contributed by atoms with E-state index in [1.807, 2.05) is 13.0 Å². The molecule has 3 N–H and O–H groups in total. The fourth-order valence-corrected chi connectivity index (χ4v) is 0.987. The van der Waals surface area contributed by atoms with Crippen molar-refractivity contribution >= 4 is 23.5 Å². The fraction of sp³-hybridized carbons (Fsp3) is 0.222. The third-order valence-electron chi connectivity index (χ3n) is 1.46. The molecule has 0 bridgehead atoms. The minimum atomic E-state index is 0.111. The number of thiocarbonyl (C=S) groups is 1. The van der Waals surface area contributed by atoms with Crippen LogP contribution in [0, 0.1) is 0 Å². The molecular formula is C9H12N4OS. The van der Waals surface area contributed by atoms with E-state index in [9.17, 15) is 0 Å². The number of nitrogens with zero attached hydrogens (tertiary/aromatic N) is 2. The number of aromatic nitrogens is 1. The zero-order chi connectivity index (χ0) is 11.1. The summed E-state index contributed by atoms with van der Waals surface area (Å²) < 4.78 is 5.35. The van der Waals surface area contributed by atoms with Gasteiger partial charge in [0.15, 0.2) is 5.11 Å². The van der Waals surface area contributed by atoms with Crippen LogP contribution in [0.4, 0.5) is 0 Å². The third kappa shape index (κ3) is 3.90. The number of hydrogen-bond donors (Lipinski definition) is 2. The Balaban J connectivity index is 2.74. The van der Waals surface area contributed by atoms with Crippen molar-refractivity contribution in [3.05, 3.63) is 24.0 Å². The summed E-state index contributed by atoms with van der Waals surface area (Å²) in [5, 5.41) is 3.91. The highest BCUT2D eigenvalue weighted by molar-refractivity contribution is 7.80. The second-order valence-electron chi connectivity index (χ2n) is 2.55. The lowest BCUT2D eigenvalue weighted by Gasteiger charge is -2.04. The zero-order valence-corrected chi connectivity index (χ0v) is 9.12. The van der Waals surface area contributed by atoms with E-state index < -0.39 is 0 Å². The van der Waals surface area contributed by atoms with Crippen molar-refractivity contribution in [1.82, 2.24) is 10.4 Å². The van der Waals surface area contributed by atoms with Gasteiger partial charge < -0.3 is 10.5 Å².